The quantitative estimate of drug-likeness (QED) is 0.751. The van der Waals surface area contributed by atoms with Crippen LogP contribution >= 0.6 is 0 Å². The predicted octanol–water partition coefficient (Wildman–Crippen LogP) is 4.76. The van der Waals surface area contributed by atoms with Crippen molar-refractivity contribution in [1.82, 2.24) is 0 Å². The van der Waals surface area contributed by atoms with Crippen molar-refractivity contribution in [2.75, 3.05) is 23.4 Å². The molecular weight excluding hydrogens is 352 g/mol. The van der Waals surface area contributed by atoms with E-state index in [4.69, 9.17) is 4.74 Å². The molecule has 28 heavy (non-hydrogen) atoms. The van der Waals surface area contributed by atoms with E-state index in [1.807, 2.05) is 55.5 Å². The van der Waals surface area contributed by atoms with Crippen molar-refractivity contribution >= 4 is 23.2 Å². The van der Waals surface area contributed by atoms with Crippen LogP contribution in [0.4, 0.5) is 11.4 Å². The SMILES string of the molecule is CCOc1ccc(N(CCC(=O)Nc2ccccc2C(C)(C)C)C(C)=O)cc1. The Balaban J connectivity index is 2.04. The Morgan fingerprint density at radius 1 is 1.04 bits per heavy atom. The molecule has 0 fully saturated rings. The van der Waals surface area contributed by atoms with Gasteiger partial charge in [-0.05, 0) is 48.2 Å². The van der Waals surface area contributed by atoms with Crippen LogP contribution in [0, 0.1) is 0 Å². The normalized spacial score (nSPS) is 11.0. The smallest absolute Gasteiger partial charge is 0.226 e. The molecule has 2 rings (SSSR count). The molecule has 5 heteroatoms. The Hall–Kier alpha value is -2.82. The third-order valence-electron chi connectivity index (χ3n) is 4.41. The molecule has 0 aliphatic rings. The van der Waals surface area contributed by atoms with Gasteiger partial charge in [0.25, 0.3) is 0 Å². The topological polar surface area (TPSA) is 58.6 Å². The summed E-state index contributed by atoms with van der Waals surface area (Å²) in [6.45, 7) is 10.7. The van der Waals surface area contributed by atoms with Gasteiger partial charge in [0, 0.05) is 31.3 Å². The Morgan fingerprint density at radius 3 is 2.25 bits per heavy atom. The molecule has 2 aromatic carbocycles. The van der Waals surface area contributed by atoms with E-state index in [0.29, 0.717) is 13.2 Å². The van der Waals surface area contributed by atoms with Crippen LogP contribution in [-0.2, 0) is 15.0 Å². The third-order valence-corrected chi connectivity index (χ3v) is 4.41. The van der Waals surface area contributed by atoms with Crippen molar-refractivity contribution in [3.05, 3.63) is 54.1 Å². The zero-order valence-electron chi connectivity index (χ0n) is 17.4. The lowest BCUT2D eigenvalue weighted by Gasteiger charge is -2.24. The van der Waals surface area contributed by atoms with Gasteiger partial charge < -0.3 is 15.0 Å². The van der Waals surface area contributed by atoms with Gasteiger partial charge in [0.2, 0.25) is 11.8 Å². The first kappa shape index (κ1) is 21.5. The minimum absolute atomic E-state index is 0.0718. The zero-order chi connectivity index (χ0) is 20.7. The molecule has 0 radical (unpaired) electrons. The van der Waals surface area contributed by atoms with Crippen molar-refractivity contribution < 1.29 is 14.3 Å². The molecule has 2 aromatic rings. The van der Waals surface area contributed by atoms with Crippen molar-refractivity contribution in [1.29, 1.82) is 0 Å². The monoisotopic (exact) mass is 382 g/mol. The Kier molecular flexibility index (Phi) is 7.21. The highest BCUT2D eigenvalue weighted by molar-refractivity contribution is 5.95. The zero-order valence-corrected chi connectivity index (χ0v) is 17.4. The Labute approximate surface area is 167 Å². The molecule has 0 saturated carbocycles. The predicted molar refractivity (Wildman–Crippen MR) is 114 cm³/mol. The molecule has 5 nitrogen and oxygen atoms in total. The number of anilines is 2. The summed E-state index contributed by atoms with van der Waals surface area (Å²) in [5.74, 6) is 0.534. The van der Waals surface area contributed by atoms with Crippen LogP contribution in [0.2, 0.25) is 0 Å². The van der Waals surface area contributed by atoms with Gasteiger partial charge in [-0.15, -0.1) is 0 Å². The average molecular weight is 383 g/mol. The van der Waals surface area contributed by atoms with Gasteiger partial charge in [-0.2, -0.15) is 0 Å². The van der Waals surface area contributed by atoms with E-state index < -0.39 is 0 Å². The van der Waals surface area contributed by atoms with E-state index in [1.54, 1.807) is 4.90 Å². The second-order valence-electron chi connectivity index (χ2n) is 7.69. The van der Waals surface area contributed by atoms with Crippen molar-refractivity contribution in [3.63, 3.8) is 0 Å². The fourth-order valence-corrected chi connectivity index (χ4v) is 3.03. The van der Waals surface area contributed by atoms with E-state index in [-0.39, 0.29) is 23.7 Å². The summed E-state index contributed by atoms with van der Waals surface area (Å²) >= 11 is 0. The minimum Gasteiger partial charge on any atom is -0.494 e. The number of hydrogen-bond acceptors (Lipinski definition) is 3. The van der Waals surface area contributed by atoms with Crippen LogP contribution in [0.3, 0.4) is 0 Å². The number of carbonyl (C=O) groups is 2. The first-order valence-electron chi connectivity index (χ1n) is 9.62. The third kappa shape index (κ3) is 5.84. The summed E-state index contributed by atoms with van der Waals surface area (Å²) in [7, 11) is 0. The molecule has 0 spiro atoms. The number of benzene rings is 2. The molecule has 150 valence electrons. The van der Waals surface area contributed by atoms with Crippen molar-refractivity contribution in [2.45, 2.75) is 46.5 Å². The largest absolute Gasteiger partial charge is 0.494 e. The summed E-state index contributed by atoms with van der Waals surface area (Å²) < 4.78 is 5.44. The van der Waals surface area contributed by atoms with E-state index in [2.05, 4.69) is 26.1 Å². The number of nitrogens with one attached hydrogen (secondary N) is 1. The van der Waals surface area contributed by atoms with E-state index >= 15 is 0 Å². The van der Waals surface area contributed by atoms with Gasteiger partial charge in [-0.25, -0.2) is 0 Å². The molecule has 0 heterocycles. The van der Waals surface area contributed by atoms with Gasteiger partial charge >= 0.3 is 0 Å². The lowest BCUT2D eigenvalue weighted by molar-refractivity contribution is -0.117. The van der Waals surface area contributed by atoms with Crippen LogP contribution in [0.5, 0.6) is 5.75 Å². The number of rotatable bonds is 7. The van der Waals surface area contributed by atoms with Gasteiger partial charge in [0.1, 0.15) is 5.75 Å². The molecule has 0 bridgehead atoms. The summed E-state index contributed by atoms with van der Waals surface area (Å²) in [6, 6.07) is 15.1. The van der Waals surface area contributed by atoms with Crippen LogP contribution in [0.15, 0.2) is 48.5 Å². The van der Waals surface area contributed by atoms with E-state index in [0.717, 1.165) is 22.7 Å². The molecule has 0 unspecified atom stereocenters. The molecule has 0 atom stereocenters. The standard InChI is InChI=1S/C23H30N2O3/c1-6-28-19-13-11-18(12-14-19)25(17(2)26)16-15-22(27)24-21-10-8-7-9-20(21)23(3,4)5/h7-14H,6,15-16H2,1-5H3,(H,24,27). The fourth-order valence-electron chi connectivity index (χ4n) is 3.03. The first-order chi connectivity index (χ1) is 13.2. The van der Waals surface area contributed by atoms with Gasteiger partial charge in [-0.3, -0.25) is 9.59 Å². The molecule has 0 aliphatic carbocycles. The number of amides is 2. The maximum absolute atomic E-state index is 12.5. The second-order valence-corrected chi connectivity index (χ2v) is 7.69. The number of para-hydroxylation sites is 1. The maximum atomic E-state index is 12.5. The molecule has 0 aromatic heterocycles. The summed E-state index contributed by atoms with van der Waals surface area (Å²) in [4.78, 5) is 26.2. The van der Waals surface area contributed by atoms with E-state index in [9.17, 15) is 9.59 Å². The molecular formula is C23H30N2O3. The van der Waals surface area contributed by atoms with Crippen molar-refractivity contribution in [2.24, 2.45) is 0 Å². The summed E-state index contributed by atoms with van der Waals surface area (Å²) in [5, 5.41) is 2.99. The summed E-state index contributed by atoms with van der Waals surface area (Å²) in [6.07, 6.45) is 0.214. The second kappa shape index (κ2) is 9.40. The number of carbonyl (C=O) groups excluding carboxylic acids is 2. The number of nitrogens with zero attached hydrogens (tertiary/aromatic N) is 1. The molecule has 0 aliphatic heterocycles. The lowest BCUT2D eigenvalue weighted by Crippen LogP contribution is -2.32. The molecule has 1 N–H and O–H groups in total. The van der Waals surface area contributed by atoms with Gasteiger partial charge in [-0.1, -0.05) is 39.0 Å². The van der Waals surface area contributed by atoms with E-state index in [1.165, 1.54) is 6.92 Å². The lowest BCUT2D eigenvalue weighted by atomic mass is 9.86. The first-order valence-corrected chi connectivity index (χ1v) is 9.62. The number of hydrogen-bond donors (Lipinski definition) is 1. The number of ether oxygens (including phenoxy) is 1. The Bertz CT molecular complexity index is 807. The fraction of sp³-hybridized carbons (Fsp3) is 0.391. The van der Waals surface area contributed by atoms with Crippen LogP contribution in [-0.4, -0.2) is 25.0 Å². The molecule has 0 saturated heterocycles. The minimum atomic E-state index is -0.117. The van der Waals surface area contributed by atoms with Crippen LogP contribution < -0.4 is 15.0 Å². The van der Waals surface area contributed by atoms with Crippen LogP contribution in [0.1, 0.15) is 46.6 Å². The Morgan fingerprint density at radius 2 is 1.68 bits per heavy atom. The van der Waals surface area contributed by atoms with Crippen molar-refractivity contribution in [3.8, 4) is 5.75 Å². The molecule has 2 amide bonds. The average Bonchev–Trinajstić information content (AvgIpc) is 2.63. The van der Waals surface area contributed by atoms with Crippen LogP contribution in [0.25, 0.3) is 0 Å². The highest BCUT2D eigenvalue weighted by atomic mass is 16.5. The summed E-state index contributed by atoms with van der Waals surface area (Å²) in [5.41, 5.74) is 2.57. The van der Waals surface area contributed by atoms with Gasteiger partial charge in [0.15, 0.2) is 0 Å². The highest BCUT2D eigenvalue weighted by Gasteiger charge is 2.19. The van der Waals surface area contributed by atoms with Gasteiger partial charge in [0.05, 0.1) is 6.61 Å². The maximum Gasteiger partial charge on any atom is 0.226 e. The highest BCUT2D eigenvalue weighted by Crippen LogP contribution is 2.29.